The fraction of sp³-hybridized carbons (Fsp3) is 1.00. The zero-order chi connectivity index (χ0) is 11.1. The van der Waals surface area contributed by atoms with E-state index in [4.69, 9.17) is 0 Å². The highest BCUT2D eigenvalue weighted by atomic mass is 15.2. The molecule has 0 aromatic heterocycles. The first-order valence-electron chi connectivity index (χ1n) is 5.95. The van der Waals surface area contributed by atoms with Crippen molar-refractivity contribution in [3.05, 3.63) is 0 Å². The third-order valence-corrected chi connectivity index (χ3v) is 2.59. The van der Waals surface area contributed by atoms with Crippen LogP contribution >= 0.6 is 0 Å². The molecule has 2 heteroatoms. The Bertz CT molecular complexity index is 132. The number of hydrogen-bond donors (Lipinski definition) is 1. The minimum Gasteiger partial charge on any atom is -0.315 e. The van der Waals surface area contributed by atoms with Crippen LogP contribution in [0.1, 0.15) is 41.5 Å². The van der Waals surface area contributed by atoms with Gasteiger partial charge in [-0.05, 0) is 39.8 Å². The van der Waals surface area contributed by atoms with Gasteiger partial charge in [-0.15, -0.1) is 0 Å². The highest BCUT2D eigenvalue weighted by Crippen LogP contribution is 2.03. The normalized spacial score (nSPS) is 14.4. The van der Waals surface area contributed by atoms with Crippen LogP contribution in [0, 0.1) is 5.92 Å². The molecule has 0 aliphatic carbocycles. The van der Waals surface area contributed by atoms with Crippen molar-refractivity contribution in [2.24, 2.45) is 5.92 Å². The lowest BCUT2D eigenvalue weighted by molar-refractivity contribution is 0.169. The third-order valence-electron chi connectivity index (χ3n) is 2.59. The molecule has 0 fully saturated rings. The molecule has 1 unspecified atom stereocenters. The molecule has 14 heavy (non-hydrogen) atoms. The highest BCUT2D eigenvalue weighted by molar-refractivity contribution is 4.71. The molecule has 0 aliphatic heterocycles. The summed E-state index contributed by atoms with van der Waals surface area (Å²) < 4.78 is 0. The lowest BCUT2D eigenvalue weighted by Crippen LogP contribution is -2.44. The van der Waals surface area contributed by atoms with Crippen molar-refractivity contribution >= 4 is 0 Å². The molecule has 0 aromatic rings. The Morgan fingerprint density at radius 1 is 1.00 bits per heavy atom. The maximum absolute atomic E-state index is 3.51. The molecule has 2 nitrogen and oxygen atoms in total. The molecule has 0 radical (unpaired) electrons. The van der Waals surface area contributed by atoms with Gasteiger partial charge in [-0.1, -0.05) is 20.8 Å². The second-order valence-corrected chi connectivity index (χ2v) is 4.83. The Balaban J connectivity index is 3.75. The first kappa shape index (κ1) is 13.9. The summed E-state index contributed by atoms with van der Waals surface area (Å²) in [6.07, 6.45) is 0. The smallest absolute Gasteiger partial charge is 0.0194 e. The van der Waals surface area contributed by atoms with Crippen LogP contribution in [0.15, 0.2) is 0 Å². The van der Waals surface area contributed by atoms with Crippen molar-refractivity contribution < 1.29 is 0 Å². The molecule has 0 bridgehead atoms. The van der Waals surface area contributed by atoms with Gasteiger partial charge < -0.3 is 5.32 Å². The van der Waals surface area contributed by atoms with Crippen LogP contribution < -0.4 is 5.32 Å². The van der Waals surface area contributed by atoms with E-state index in [1.165, 1.54) is 0 Å². The highest BCUT2D eigenvalue weighted by Gasteiger charge is 2.14. The van der Waals surface area contributed by atoms with Gasteiger partial charge in [0.1, 0.15) is 0 Å². The van der Waals surface area contributed by atoms with Crippen LogP contribution in [-0.4, -0.2) is 36.6 Å². The first-order valence-corrected chi connectivity index (χ1v) is 5.95. The minimum atomic E-state index is 0.638. The Labute approximate surface area is 90.1 Å². The van der Waals surface area contributed by atoms with E-state index >= 15 is 0 Å². The summed E-state index contributed by atoms with van der Waals surface area (Å²) in [4.78, 5) is 2.52. The Kier molecular flexibility index (Phi) is 7.20. The summed E-state index contributed by atoms with van der Waals surface area (Å²) >= 11 is 0. The zero-order valence-corrected chi connectivity index (χ0v) is 10.8. The summed E-state index contributed by atoms with van der Waals surface area (Å²) in [6.45, 7) is 16.9. The van der Waals surface area contributed by atoms with E-state index in [0.29, 0.717) is 12.1 Å². The van der Waals surface area contributed by atoms with E-state index in [1.807, 2.05) is 0 Å². The van der Waals surface area contributed by atoms with Crippen LogP contribution in [-0.2, 0) is 0 Å². The monoisotopic (exact) mass is 200 g/mol. The van der Waals surface area contributed by atoms with Gasteiger partial charge in [-0.2, -0.15) is 0 Å². The van der Waals surface area contributed by atoms with Gasteiger partial charge in [0.15, 0.2) is 0 Å². The van der Waals surface area contributed by atoms with Gasteiger partial charge in [0.2, 0.25) is 0 Å². The second-order valence-electron chi connectivity index (χ2n) is 4.83. The number of nitrogens with one attached hydrogen (secondary N) is 1. The van der Waals surface area contributed by atoms with E-state index in [-0.39, 0.29) is 0 Å². The Morgan fingerprint density at radius 2 is 1.57 bits per heavy atom. The average molecular weight is 200 g/mol. The molecule has 0 aromatic carbocycles. The number of nitrogens with zero attached hydrogens (tertiary/aromatic N) is 1. The SMILES string of the molecule is CCN(C(C)C)C(C)CNCC(C)C. The van der Waals surface area contributed by atoms with Gasteiger partial charge in [-0.3, -0.25) is 4.90 Å². The van der Waals surface area contributed by atoms with Crippen molar-refractivity contribution in [1.29, 1.82) is 0 Å². The topological polar surface area (TPSA) is 15.3 Å². The van der Waals surface area contributed by atoms with Crippen molar-refractivity contribution in [2.45, 2.75) is 53.6 Å². The molecular weight excluding hydrogens is 172 g/mol. The summed E-state index contributed by atoms with van der Waals surface area (Å²) in [6, 6.07) is 1.29. The summed E-state index contributed by atoms with van der Waals surface area (Å²) in [7, 11) is 0. The fourth-order valence-corrected chi connectivity index (χ4v) is 1.88. The number of rotatable bonds is 7. The van der Waals surface area contributed by atoms with Gasteiger partial charge in [-0.25, -0.2) is 0 Å². The summed E-state index contributed by atoms with van der Waals surface area (Å²) in [5, 5.41) is 3.51. The van der Waals surface area contributed by atoms with Gasteiger partial charge in [0.05, 0.1) is 0 Å². The molecule has 1 N–H and O–H groups in total. The van der Waals surface area contributed by atoms with Crippen LogP contribution in [0.25, 0.3) is 0 Å². The quantitative estimate of drug-likeness (QED) is 0.678. The first-order chi connectivity index (χ1) is 6.49. The molecule has 0 heterocycles. The molecular formula is C12H28N2. The lowest BCUT2D eigenvalue weighted by Gasteiger charge is -2.31. The van der Waals surface area contributed by atoms with E-state index in [9.17, 15) is 0 Å². The van der Waals surface area contributed by atoms with Crippen molar-refractivity contribution in [2.75, 3.05) is 19.6 Å². The van der Waals surface area contributed by atoms with E-state index < -0.39 is 0 Å². The van der Waals surface area contributed by atoms with Crippen LogP contribution in [0.4, 0.5) is 0 Å². The standard InChI is InChI=1S/C12H28N2/c1-7-14(11(4)5)12(6)9-13-8-10(2)3/h10-13H,7-9H2,1-6H3. The fourth-order valence-electron chi connectivity index (χ4n) is 1.88. The summed E-state index contributed by atoms with van der Waals surface area (Å²) in [5.41, 5.74) is 0. The molecule has 0 spiro atoms. The molecule has 0 aliphatic rings. The predicted molar refractivity (Wildman–Crippen MR) is 64.7 cm³/mol. The van der Waals surface area contributed by atoms with Crippen molar-refractivity contribution in [1.82, 2.24) is 10.2 Å². The maximum Gasteiger partial charge on any atom is 0.0194 e. The lowest BCUT2D eigenvalue weighted by atomic mass is 10.2. The maximum atomic E-state index is 3.51. The molecule has 86 valence electrons. The predicted octanol–water partition coefficient (Wildman–Crippen LogP) is 2.35. The molecule has 0 amide bonds. The van der Waals surface area contributed by atoms with Crippen LogP contribution in [0.3, 0.4) is 0 Å². The second kappa shape index (κ2) is 7.24. The average Bonchev–Trinajstić information content (AvgIpc) is 2.03. The third kappa shape index (κ3) is 5.61. The van der Waals surface area contributed by atoms with Gasteiger partial charge in [0, 0.05) is 18.6 Å². The van der Waals surface area contributed by atoms with Gasteiger partial charge in [0.25, 0.3) is 0 Å². The molecule has 1 atom stereocenters. The van der Waals surface area contributed by atoms with Crippen LogP contribution in [0.2, 0.25) is 0 Å². The Hall–Kier alpha value is -0.0800. The number of likely N-dealkylation sites (N-methyl/N-ethyl adjacent to an activating group) is 1. The van der Waals surface area contributed by atoms with E-state index in [0.717, 1.165) is 25.6 Å². The minimum absolute atomic E-state index is 0.638. The molecule has 0 saturated carbocycles. The van der Waals surface area contributed by atoms with E-state index in [2.05, 4.69) is 51.8 Å². The summed E-state index contributed by atoms with van der Waals surface area (Å²) in [5.74, 6) is 0.747. The Morgan fingerprint density at radius 3 is 1.93 bits per heavy atom. The molecule has 0 saturated heterocycles. The number of hydrogen-bond acceptors (Lipinski definition) is 2. The zero-order valence-electron chi connectivity index (χ0n) is 10.8. The van der Waals surface area contributed by atoms with Crippen molar-refractivity contribution in [3.8, 4) is 0 Å². The largest absolute Gasteiger partial charge is 0.315 e. The van der Waals surface area contributed by atoms with E-state index in [1.54, 1.807) is 0 Å². The molecule has 0 rings (SSSR count). The van der Waals surface area contributed by atoms with Gasteiger partial charge >= 0.3 is 0 Å². The van der Waals surface area contributed by atoms with Crippen LogP contribution in [0.5, 0.6) is 0 Å². The van der Waals surface area contributed by atoms with Crippen molar-refractivity contribution in [3.63, 3.8) is 0 Å².